The molecule has 0 fully saturated rings. The third-order valence-electron chi connectivity index (χ3n) is 1.80. The standard InChI is InChI=1S/C11H14O2Te/c1-9(12)13-11(8-14-2)10-6-4-3-5-7-10/h3-7,11H,8H2,1-2H3/t11-/m0/s1. The summed E-state index contributed by atoms with van der Waals surface area (Å²) in [5.41, 5.74) is 1.11. The van der Waals surface area contributed by atoms with Crippen LogP contribution in [-0.4, -0.2) is 26.9 Å². The van der Waals surface area contributed by atoms with Gasteiger partial charge in [-0.25, -0.2) is 0 Å². The van der Waals surface area contributed by atoms with Gasteiger partial charge in [0.2, 0.25) is 0 Å². The second-order valence-corrected chi connectivity index (χ2v) is 5.56. The number of hydrogen-bond donors (Lipinski definition) is 0. The predicted molar refractivity (Wildman–Crippen MR) is 57.4 cm³/mol. The SMILES string of the molecule is C[Te]C[C@H](OC(C)=O)c1ccccc1. The van der Waals surface area contributed by atoms with E-state index >= 15 is 0 Å². The molecule has 1 aromatic carbocycles. The van der Waals surface area contributed by atoms with E-state index in [9.17, 15) is 4.79 Å². The molecule has 0 N–H and O–H groups in total. The number of benzene rings is 1. The Morgan fingerprint density at radius 3 is 2.57 bits per heavy atom. The first-order valence-electron chi connectivity index (χ1n) is 4.45. The zero-order valence-electron chi connectivity index (χ0n) is 8.40. The van der Waals surface area contributed by atoms with Gasteiger partial charge in [0, 0.05) is 0 Å². The Morgan fingerprint density at radius 2 is 2.07 bits per heavy atom. The molecule has 76 valence electrons. The van der Waals surface area contributed by atoms with Gasteiger partial charge in [0.25, 0.3) is 0 Å². The summed E-state index contributed by atoms with van der Waals surface area (Å²) in [6.45, 7) is 1.46. The van der Waals surface area contributed by atoms with E-state index in [1.165, 1.54) is 6.92 Å². The van der Waals surface area contributed by atoms with E-state index in [2.05, 4.69) is 4.97 Å². The molecule has 14 heavy (non-hydrogen) atoms. The minimum absolute atomic E-state index is 0.0268. The maximum atomic E-state index is 10.9. The van der Waals surface area contributed by atoms with Gasteiger partial charge in [-0.1, -0.05) is 0 Å². The van der Waals surface area contributed by atoms with Crippen molar-refractivity contribution < 1.29 is 9.53 Å². The van der Waals surface area contributed by atoms with Gasteiger partial charge in [-0.05, 0) is 0 Å². The summed E-state index contributed by atoms with van der Waals surface area (Å²) < 4.78 is 6.28. The van der Waals surface area contributed by atoms with Crippen LogP contribution in [0.5, 0.6) is 0 Å². The Bertz CT molecular complexity index is 285. The molecule has 0 saturated heterocycles. The van der Waals surface area contributed by atoms with E-state index in [-0.39, 0.29) is 33.0 Å². The number of carbonyl (C=O) groups is 1. The average molecular weight is 306 g/mol. The first-order chi connectivity index (χ1) is 6.74. The van der Waals surface area contributed by atoms with Gasteiger partial charge >= 0.3 is 94.8 Å². The average Bonchev–Trinajstić information content (AvgIpc) is 2.18. The van der Waals surface area contributed by atoms with E-state index in [0.29, 0.717) is 0 Å². The van der Waals surface area contributed by atoms with Gasteiger partial charge in [0.15, 0.2) is 0 Å². The van der Waals surface area contributed by atoms with Crippen LogP contribution in [0.4, 0.5) is 0 Å². The number of hydrogen-bond acceptors (Lipinski definition) is 2. The normalized spacial score (nSPS) is 12.1. The van der Waals surface area contributed by atoms with Crippen molar-refractivity contribution in [1.29, 1.82) is 0 Å². The molecule has 0 saturated carbocycles. The molecule has 0 radical (unpaired) electrons. The molecule has 2 nitrogen and oxygen atoms in total. The van der Waals surface area contributed by atoms with Crippen molar-refractivity contribution in [3.63, 3.8) is 0 Å². The van der Waals surface area contributed by atoms with E-state index < -0.39 is 0 Å². The maximum absolute atomic E-state index is 10.9. The summed E-state index contributed by atoms with van der Waals surface area (Å²) in [6, 6.07) is 9.94. The zero-order chi connectivity index (χ0) is 10.4. The van der Waals surface area contributed by atoms with E-state index in [0.717, 1.165) is 10.0 Å². The monoisotopic (exact) mass is 308 g/mol. The van der Waals surface area contributed by atoms with Crippen molar-refractivity contribution >= 4 is 26.9 Å². The van der Waals surface area contributed by atoms with Crippen LogP contribution in [0.1, 0.15) is 18.6 Å². The molecule has 0 aromatic heterocycles. The van der Waals surface area contributed by atoms with Crippen LogP contribution in [0.3, 0.4) is 0 Å². The fourth-order valence-electron chi connectivity index (χ4n) is 1.22. The zero-order valence-corrected chi connectivity index (χ0v) is 10.7. The van der Waals surface area contributed by atoms with Crippen molar-refractivity contribution in [2.75, 3.05) is 0 Å². The van der Waals surface area contributed by atoms with E-state index in [4.69, 9.17) is 4.74 Å². The van der Waals surface area contributed by atoms with Crippen LogP contribution in [0.15, 0.2) is 30.3 Å². The number of ether oxygens (including phenoxy) is 1. The number of esters is 1. The molecule has 0 aliphatic rings. The van der Waals surface area contributed by atoms with Crippen molar-refractivity contribution in [2.45, 2.75) is 22.5 Å². The van der Waals surface area contributed by atoms with Crippen LogP contribution < -0.4 is 0 Å². The topological polar surface area (TPSA) is 26.3 Å². The molecule has 1 rings (SSSR count). The molecule has 0 aliphatic carbocycles. The van der Waals surface area contributed by atoms with Gasteiger partial charge in [-0.15, -0.1) is 0 Å². The number of rotatable bonds is 4. The summed E-state index contributed by atoms with van der Waals surface area (Å²) in [4.78, 5) is 13.1. The van der Waals surface area contributed by atoms with Gasteiger partial charge in [0.05, 0.1) is 0 Å². The predicted octanol–water partition coefficient (Wildman–Crippen LogP) is 2.46. The quantitative estimate of drug-likeness (QED) is 0.631. The fourth-order valence-corrected chi connectivity index (χ4v) is 2.83. The molecule has 0 heterocycles. The Balaban J connectivity index is 2.72. The summed E-state index contributed by atoms with van der Waals surface area (Å²) >= 11 is -0.0268. The Hall–Kier alpha value is -0.520. The molecule has 0 unspecified atom stereocenters. The van der Waals surface area contributed by atoms with Gasteiger partial charge in [-0.3, -0.25) is 0 Å². The first kappa shape index (κ1) is 11.6. The Kier molecular flexibility index (Phi) is 5.00. The van der Waals surface area contributed by atoms with Crippen molar-refractivity contribution in [1.82, 2.24) is 0 Å². The molecule has 0 amide bonds. The van der Waals surface area contributed by atoms with Crippen molar-refractivity contribution in [3.05, 3.63) is 35.9 Å². The Morgan fingerprint density at radius 1 is 1.43 bits per heavy atom. The van der Waals surface area contributed by atoms with Crippen LogP contribution in [0, 0.1) is 0 Å². The van der Waals surface area contributed by atoms with Crippen LogP contribution in [0.2, 0.25) is 9.44 Å². The van der Waals surface area contributed by atoms with Crippen molar-refractivity contribution in [2.24, 2.45) is 0 Å². The van der Waals surface area contributed by atoms with Gasteiger partial charge < -0.3 is 0 Å². The molecule has 3 heteroatoms. The second-order valence-electron chi connectivity index (χ2n) is 2.96. The first-order valence-corrected chi connectivity index (χ1v) is 8.43. The van der Waals surface area contributed by atoms with E-state index in [1.54, 1.807) is 0 Å². The minimum atomic E-state index is -0.195. The summed E-state index contributed by atoms with van der Waals surface area (Å²) in [6.07, 6.45) is -0.0268. The second kappa shape index (κ2) is 6.06. The summed E-state index contributed by atoms with van der Waals surface area (Å²) in [5, 5.41) is 0. The van der Waals surface area contributed by atoms with Crippen LogP contribution >= 0.6 is 0 Å². The van der Waals surface area contributed by atoms with Crippen LogP contribution in [-0.2, 0) is 9.53 Å². The summed E-state index contributed by atoms with van der Waals surface area (Å²) in [7, 11) is 0. The molecule has 1 atom stereocenters. The van der Waals surface area contributed by atoms with Crippen LogP contribution in [0.25, 0.3) is 0 Å². The molecule has 0 spiro atoms. The third kappa shape index (κ3) is 3.69. The van der Waals surface area contributed by atoms with Gasteiger partial charge in [-0.2, -0.15) is 0 Å². The summed E-state index contributed by atoms with van der Waals surface area (Å²) in [5.74, 6) is -0.195. The molecular formula is C11H14O2Te. The fraction of sp³-hybridized carbons (Fsp3) is 0.364. The van der Waals surface area contributed by atoms with E-state index in [1.807, 2.05) is 30.3 Å². The molecule has 0 bridgehead atoms. The van der Waals surface area contributed by atoms with Crippen molar-refractivity contribution in [3.8, 4) is 0 Å². The third-order valence-corrected chi connectivity index (χ3v) is 3.61. The molecular weight excluding hydrogens is 292 g/mol. The van der Waals surface area contributed by atoms with Gasteiger partial charge in [0.1, 0.15) is 0 Å². The molecule has 1 aromatic rings. The molecule has 0 aliphatic heterocycles. The number of carbonyl (C=O) groups excluding carboxylic acids is 1. The Labute approximate surface area is 94.7 Å².